The van der Waals surface area contributed by atoms with Gasteiger partial charge in [-0.2, -0.15) is 0 Å². The predicted molar refractivity (Wildman–Crippen MR) is 99.4 cm³/mol. The zero-order valence-corrected chi connectivity index (χ0v) is 14.7. The van der Waals surface area contributed by atoms with Crippen molar-refractivity contribution in [3.63, 3.8) is 0 Å². The molecule has 2 N–H and O–H groups in total. The third-order valence-corrected chi connectivity index (χ3v) is 4.08. The molecule has 0 fully saturated rings. The van der Waals surface area contributed by atoms with Crippen LogP contribution >= 0.6 is 0 Å². The molecule has 9 nitrogen and oxygen atoms in total. The van der Waals surface area contributed by atoms with Crippen molar-refractivity contribution < 1.29 is 19.1 Å². The van der Waals surface area contributed by atoms with Gasteiger partial charge in [-0.3, -0.25) is 14.2 Å². The Hall–Kier alpha value is -3.88. The highest BCUT2D eigenvalue weighted by Gasteiger charge is 2.22. The third-order valence-electron chi connectivity index (χ3n) is 4.08. The van der Waals surface area contributed by atoms with Crippen LogP contribution in [0.3, 0.4) is 0 Å². The van der Waals surface area contributed by atoms with E-state index >= 15 is 0 Å². The molecule has 4 rings (SSSR count). The molecule has 1 aromatic heterocycles. The van der Waals surface area contributed by atoms with E-state index in [1.54, 1.807) is 28.8 Å². The Kier molecular flexibility index (Phi) is 4.87. The van der Waals surface area contributed by atoms with Gasteiger partial charge in [0.1, 0.15) is 25.4 Å². The Labute approximate surface area is 160 Å². The van der Waals surface area contributed by atoms with Crippen LogP contribution in [0.4, 0.5) is 5.69 Å². The minimum atomic E-state index is -0.766. The van der Waals surface area contributed by atoms with E-state index in [2.05, 4.69) is 20.8 Å². The van der Waals surface area contributed by atoms with E-state index in [1.165, 1.54) is 12.7 Å². The lowest BCUT2D eigenvalue weighted by atomic mass is 10.2. The lowest BCUT2D eigenvalue weighted by Crippen LogP contribution is -2.44. The summed E-state index contributed by atoms with van der Waals surface area (Å²) in [5.74, 6) is -0.241. The molecular formula is C19H17N5O4. The first-order chi connectivity index (χ1) is 13.7. The molecule has 2 amide bonds. The summed E-state index contributed by atoms with van der Waals surface area (Å²) in [5, 5.41) is 12.6. The molecule has 3 aromatic rings. The normalized spacial score (nSPS) is 14.9. The van der Waals surface area contributed by atoms with Crippen LogP contribution in [0.1, 0.15) is 0 Å². The summed E-state index contributed by atoms with van der Waals surface area (Å²) in [6, 6.07) is 14.3. The molecule has 0 saturated heterocycles. The maximum absolute atomic E-state index is 12.2. The standard InChI is InChI=1S/C19H17N5O4/c25-18(20-9-15-10-27-16-6-1-2-7-17(16)28-15)19(26)23-13-4-3-5-14(8-13)24-11-21-22-12-24/h1-8,11-12,15H,9-10H2,(H,20,25)(H,23,26)/t15-/m1/s1. The number of carbonyl (C=O) groups is 2. The number of rotatable bonds is 4. The van der Waals surface area contributed by atoms with Crippen molar-refractivity contribution in [2.24, 2.45) is 0 Å². The lowest BCUT2D eigenvalue weighted by molar-refractivity contribution is -0.136. The predicted octanol–water partition coefficient (Wildman–Crippen LogP) is 1.16. The summed E-state index contributed by atoms with van der Waals surface area (Å²) in [7, 11) is 0. The van der Waals surface area contributed by atoms with E-state index in [4.69, 9.17) is 9.47 Å². The zero-order chi connectivity index (χ0) is 19.3. The number of fused-ring (bicyclic) bond motifs is 1. The monoisotopic (exact) mass is 379 g/mol. The second-order valence-electron chi connectivity index (χ2n) is 6.08. The molecule has 0 saturated carbocycles. The van der Waals surface area contributed by atoms with Gasteiger partial charge in [0.2, 0.25) is 0 Å². The van der Waals surface area contributed by atoms with Crippen molar-refractivity contribution in [1.29, 1.82) is 0 Å². The van der Waals surface area contributed by atoms with Gasteiger partial charge in [0.25, 0.3) is 0 Å². The summed E-state index contributed by atoms with van der Waals surface area (Å²) in [4.78, 5) is 24.3. The summed E-state index contributed by atoms with van der Waals surface area (Å²) in [6.07, 6.45) is 2.71. The fraction of sp³-hybridized carbons (Fsp3) is 0.158. The summed E-state index contributed by atoms with van der Waals surface area (Å²) in [6.45, 7) is 0.446. The topological polar surface area (TPSA) is 107 Å². The highest BCUT2D eigenvalue weighted by molar-refractivity contribution is 6.39. The van der Waals surface area contributed by atoms with Gasteiger partial charge in [-0.15, -0.1) is 10.2 Å². The number of nitrogens with one attached hydrogen (secondary N) is 2. The average molecular weight is 379 g/mol. The number of aromatic nitrogens is 3. The Bertz CT molecular complexity index is 990. The molecule has 28 heavy (non-hydrogen) atoms. The lowest BCUT2D eigenvalue weighted by Gasteiger charge is -2.26. The van der Waals surface area contributed by atoms with Crippen LogP contribution in [0, 0.1) is 0 Å². The minimum absolute atomic E-state index is 0.154. The number of nitrogens with zero attached hydrogens (tertiary/aromatic N) is 3. The molecule has 0 spiro atoms. The molecule has 142 valence electrons. The number of hydrogen-bond acceptors (Lipinski definition) is 6. The molecule has 9 heteroatoms. The Morgan fingerprint density at radius 1 is 1.04 bits per heavy atom. The van der Waals surface area contributed by atoms with E-state index in [9.17, 15) is 9.59 Å². The third kappa shape index (κ3) is 3.93. The first-order valence-corrected chi connectivity index (χ1v) is 8.62. The van der Waals surface area contributed by atoms with Crippen LogP contribution in [-0.2, 0) is 9.59 Å². The van der Waals surface area contributed by atoms with E-state index in [0.29, 0.717) is 23.8 Å². The van der Waals surface area contributed by atoms with Crippen molar-refractivity contribution in [1.82, 2.24) is 20.1 Å². The Balaban J connectivity index is 1.31. The average Bonchev–Trinajstić information content (AvgIpc) is 3.27. The number of carbonyl (C=O) groups excluding carboxylic acids is 2. The quantitative estimate of drug-likeness (QED) is 0.659. The fourth-order valence-corrected chi connectivity index (χ4v) is 2.72. The van der Waals surface area contributed by atoms with Crippen LogP contribution in [0.15, 0.2) is 61.2 Å². The van der Waals surface area contributed by atoms with Crippen molar-refractivity contribution in [3.8, 4) is 17.2 Å². The van der Waals surface area contributed by atoms with Crippen molar-refractivity contribution in [3.05, 3.63) is 61.2 Å². The molecule has 0 bridgehead atoms. The van der Waals surface area contributed by atoms with Crippen molar-refractivity contribution in [2.75, 3.05) is 18.5 Å². The number of ether oxygens (including phenoxy) is 2. The molecule has 1 aliphatic heterocycles. The van der Waals surface area contributed by atoms with Crippen LogP contribution < -0.4 is 20.1 Å². The molecule has 0 unspecified atom stereocenters. The minimum Gasteiger partial charge on any atom is -0.486 e. The first kappa shape index (κ1) is 17.5. The van der Waals surface area contributed by atoms with E-state index in [1.807, 2.05) is 24.3 Å². The molecule has 1 atom stereocenters. The van der Waals surface area contributed by atoms with Gasteiger partial charge in [-0.1, -0.05) is 18.2 Å². The number of hydrogen-bond donors (Lipinski definition) is 2. The Morgan fingerprint density at radius 3 is 2.64 bits per heavy atom. The van der Waals surface area contributed by atoms with Crippen LogP contribution in [0.25, 0.3) is 5.69 Å². The van der Waals surface area contributed by atoms with Gasteiger partial charge in [-0.25, -0.2) is 0 Å². The number of benzene rings is 2. The number of anilines is 1. The fourth-order valence-electron chi connectivity index (χ4n) is 2.72. The van der Waals surface area contributed by atoms with Crippen molar-refractivity contribution >= 4 is 17.5 Å². The van der Waals surface area contributed by atoms with Gasteiger partial charge >= 0.3 is 11.8 Å². The number of amides is 2. The van der Waals surface area contributed by atoms with Crippen LogP contribution in [0.2, 0.25) is 0 Å². The largest absolute Gasteiger partial charge is 0.486 e. The maximum Gasteiger partial charge on any atom is 0.313 e. The van der Waals surface area contributed by atoms with Gasteiger partial charge < -0.3 is 20.1 Å². The molecule has 2 aromatic carbocycles. The Morgan fingerprint density at radius 2 is 1.82 bits per heavy atom. The van der Waals surface area contributed by atoms with Crippen LogP contribution in [-0.4, -0.2) is 45.8 Å². The summed E-state index contributed by atoms with van der Waals surface area (Å²) >= 11 is 0. The zero-order valence-electron chi connectivity index (χ0n) is 14.7. The van der Waals surface area contributed by atoms with E-state index < -0.39 is 11.8 Å². The molecular weight excluding hydrogens is 362 g/mol. The summed E-state index contributed by atoms with van der Waals surface area (Å²) < 4.78 is 13.0. The maximum atomic E-state index is 12.2. The van der Waals surface area contributed by atoms with Gasteiger partial charge in [0.15, 0.2) is 11.5 Å². The second-order valence-corrected chi connectivity index (χ2v) is 6.08. The first-order valence-electron chi connectivity index (χ1n) is 8.62. The highest BCUT2D eigenvalue weighted by atomic mass is 16.6. The molecule has 0 radical (unpaired) electrons. The van der Waals surface area contributed by atoms with E-state index in [-0.39, 0.29) is 12.6 Å². The molecule has 2 heterocycles. The van der Waals surface area contributed by atoms with Gasteiger partial charge in [0, 0.05) is 5.69 Å². The van der Waals surface area contributed by atoms with Crippen molar-refractivity contribution in [2.45, 2.75) is 6.10 Å². The van der Waals surface area contributed by atoms with E-state index in [0.717, 1.165) is 5.69 Å². The van der Waals surface area contributed by atoms with Gasteiger partial charge in [0.05, 0.1) is 12.2 Å². The SMILES string of the molecule is O=C(NC[C@@H]1COc2ccccc2O1)C(=O)Nc1cccc(-n2cnnc2)c1. The summed E-state index contributed by atoms with van der Waals surface area (Å²) in [5.41, 5.74) is 1.24. The smallest absolute Gasteiger partial charge is 0.313 e. The van der Waals surface area contributed by atoms with Crippen LogP contribution in [0.5, 0.6) is 11.5 Å². The highest BCUT2D eigenvalue weighted by Crippen LogP contribution is 2.30. The second kappa shape index (κ2) is 7.78. The molecule has 0 aliphatic carbocycles. The number of para-hydroxylation sites is 2. The molecule has 1 aliphatic rings. The van der Waals surface area contributed by atoms with Gasteiger partial charge in [-0.05, 0) is 30.3 Å².